The minimum Gasteiger partial charge on any atom is -0.357 e. The van der Waals surface area contributed by atoms with E-state index < -0.39 is 0 Å². The SMILES string of the molecule is CCNC(=O)c1ccc(CN=C(NCC)NCC2(Sc3ccccc3)CC2)cc1. The number of hydrogen-bond acceptors (Lipinski definition) is 3. The van der Waals surface area contributed by atoms with Gasteiger partial charge >= 0.3 is 0 Å². The number of guanidine groups is 1. The lowest BCUT2D eigenvalue weighted by atomic mass is 10.1. The maximum Gasteiger partial charge on any atom is 0.251 e. The number of aliphatic imine (C=N–C) groups is 1. The quantitative estimate of drug-likeness (QED) is 0.434. The average Bonchev–Trinajstić information content (AvgIpc) is 3.51. The first-order valence-electron chi connectivity index (χ1n) is 10.3. The monoisotopic (exact) mass is 410 g/mol. The number of nitrogens with zero attached hydrogens (tertiary/aromatic N) is 1. The minimum atomic E-state index is -0.0387. The van der Waals surface area contributed by atoms with Gasteiger partial charge in [-0.15, -0.1) is 11.8 Å². The Morgan fingerprint density at radius 3 is 2.28 bits per heavy atom. The summed E-state index contributed by atoms with van der Waals surface area (Å²) in [6, 6.07) is 18.2. The predicted molar refractivity (Wildman–Crippen MR) is 122 cm³/mol. The van der Waals surface area contributed by atoms with Crippen molar-refractivity contribution in [1.82, 2.24) is 16.0 Å². The molecule has 0 bridgehead atoms. The normalized spacial score (nSPS) is 14.9. The molecule has 0 radical (unpaired) electrons. The molecular formula is C23H30N4OS. The fourth-order valence-corrected chi connectivity index (χ4v) is 4.22. The Hall–Kier alpha value is -2.47. The summed E-state index contributed by atoms with van der Waals surface area (Å²) in [6.45, 7) is 6.91. The van der Waals surface area contributed by atoms with Gasteiger partial charge in [-0.1, -0.05) is 30.3 Å². The third kappa shape index (κ3) is 6.53. The Bertz CT molecular complexity index is 817. The van der Waals surface area contributed by atoms with Crippen LogP contribution in [0, 0.1) is 0 Å². The van der Waals surface area contributed by atoms with Gasteiger partial charge in [-0.05, 0) is 56.5 Å². The number of hydrogen-bond donors (Lipinski definition) is 3. The molecule has 2 aromatic carbocycles. The van der Waals surface area contributed by atoms with E-state index in [9.17, 15) is 4.79 Å². The van der Waals surface area contributed by atoms with Crippen molar-refractivity contribution < 1.29 is 4.79 Å². The highest BCUT2D eigenvalue weighted by molar-refractivity contribution is 8.01. The van der Waals surface area contributed by atoms with Crippen molar-refractivity contribution in [3.63, 3.8) is 0 Å². The topological polar surface area (TPSA) is 65.5 Å². The molecule has 0 saturated heterocycles. The number of carbonyl (C=O) groups excluding carboxylic acids is 1. The lowest BCUT2D eigenvalue weighted by Crippen LogP contribution is -2.41. The highest BCUT2D eigenvalue weighted by Gasteiger charge is 2.43. The summed E-state index contributed by atoms with van der Waals surface area (Å²) >= 11 is 1.96. The third-order valence-electron chi connectivity index (χ3n) is 4.78. The standard InChI is InChI=1S/C23H30N4OS/c1-3-24-21(28)19-12-10-18(11-13-19)16-26-22(25-4-2)27-17-23(14-15-23)29-20-8-6-5-7-9-20/h5-13H,3-4,14-17H2,1-2H3,(H,24,28)(H2,25,26,27). The Morgan fingerprint density at radius 2 is 1.66 bits per heavy atom. The highest BCUT2D eigenvalue weighted by Crippen LogP contribution is 2.51. The number of nitrogens with one attached hydrogen (secondary N) is 3. The van der Waals surface area contributed by atoms with Crippen LogP contribution in [0.3, 0.4) is 0 Å². The maximum absolute atomic E-state index is 11.9. The summed E-state index contributed by atoms with van der Waals surface area (Å²) in [4.78, 5) is 17.9. The molecular weight excluding hydrogens is 380 g/mol. The van der Waals surface area contributed by atoms with E-state index in [0.29, 0.717) is 18.7 Å². The first-order chi connectivity index (χ1) is 14.1. The largest absolute Gasteiger partial charge is 0.357 e. The number of benzene rings is 2. The zero-order chi connectivity index (χ0) is 20.5. The van der Waals surface area contributed by atoms with Crippen molar-refractivity contribution >= 4 is 23.6 Å². The predicted octanol–water partition coefficient (Wildman–Crippen LogP) is 3.82. The molecule has 3 N–H and O–H groups in total. The Morgan fingerprint density at radius 1 is 0.966 bits per heavy atom. The van der Waals surface area contributed by atoms with Gasteiger partial charge in [0.25, 0.3) is 5.91 Å². The highest BCUT2D eigenvalue weighted by atomic mass is 32.2. The van der Waals surface area contributed by atoms with Crippen molar-refractivity contribution in [1.29, 1.82) is 0 Å². The van der Waals surface area contributed by atoms with Crippen LogP contribution < -0.4 is 16.0 Å². The molecule has 0 aliphatic heterocycles. The molecule has 29 heavy (non-hydrogen) atoms. The summed E-state index contributed by atoms with van der Waals surface area (Å²) < 4.78 is 0.270. The molecule has 0 aromatic heterocycles. The molecule has 1 amide bonds. The van der Waals surface area contributed by atoms with Crippen LogP contribution in [0.15, 0.2) is 64.5 Å². The van der Waals surface area contributed by atoms with Gasteiger partial charge in [0.2, 0.25) is 0 Å². The molecule has 5 nitrogen and oxygen atoms in total. The molecule has 1 aliphatic rings. The zero-order valence-electron chi connectivity index (χ0n) is 17.2. The maximum atomic E-state index is 11.9. The van der Waals surface area contributed by atoms with Crippen LogP contribution in [0.5, 0.6) is 0 Å². The van der Waals surface area contributed by atoms with Crippen molar-refractivity contribution in [2.75, 3.05) is 19.6 Å². The van der Waals surface area contributed by atoms with Crippen LogP contribution in [-0.2, 0) is 6.54 Å². The van der Waals surface area contributed by atoms with Crippen molar-refractivity contribution in [2.24, 2.45) is 4.99 Å². The average molecular weight is 411 g/mol. The van der Waals surface area contributed by atoms with E-state index in [0.717, 1.165) is 24.6 Å². The fraction of sp³-hybridized carbons (Fsp3) is 0.391. The van der Waals surface area contributed by atoms with Gasteiger partial charge < -0.3 is 16.0 Å². The Kier molecular flexibility index (Phi) is 7.58. The van der Waals surface area contributed by atoms with Crippen molar-refractivity contribution in [3.05, 3.63) is 65.7 Å². The van der Waals surface area contributed by atoms with Crippen LogP contribution in [0.4, 0.5) is 0 Å². The van der Waals surface area contributed by atoms with Gasteiger partial charge in [0.05, 0.1) is 6.54 Å². The molecule has 3 rings (SSSR count). The van der Waals surface area contributed by atoms with E-state index in [2.05, 4.69) is 53.2 Å². The molecule has 1 aliphatic carbocycles. The lowest BCUT2D eigenvalue weighted by molar-refractivity contribution is 0.0956. The second kappa shape index (κ2) is 10.3. The van der Waals surface area contributed by atoms with E-state index >= 15 is 0 Å². The summed E-state index contributed by atoms with van der Waals surface area (Å²) in [7, 11) is 0. The van der Waals surface area contributed by atoms with Gasteiger partial charge in [0.1, 0.15) is 0 Å². The summed E-state index contributed by atoms with van der Waals surface area (Å²) in [5, 5.41) is 9.66. The first-order valence-corrected chi connectivity index (χ1v) is 11.1. The number of thioether (sulfide) groups is 1. The molecule has 2 aromatic rings. The van der Waals surface area contributed by atoms with Gasteiger partial charge in [0, 0.05) is 34.8 Å². The van der Waals surface area contributed by atoms with Gasteiger partial charge in [0.15, 0.2) is 5.96 Å². The van der Waals surface area contributed by atoms with E-state index in [4.69, 9.17) is 4.99 Å². The second-order valence-corrected chi connectivity index (χ2v) is 8.74. The molecule has 154 valence electrons. The summed E-state index contributed by atoms with van der Waals surface area (Å²) in [5.74, 6) is 0.795. The Balaban J connectivity index is 1.55. The zero-order valence-corrected chi connectivity index (χ0v) is 18.0. The lowest BCUT2D eigenvalue weighted by Gasteiger charge is -2.18. The van der Waals surface area contributed by atoms with Crippen LogP contribution in [-0.4, -0.2) is 36.2 Å². The van der Waals surface area contributed by atoms with Crippen LogP contribution >= 0.6 is 11.8 Å². The minimum absolute atomic E-state index is 0.0387. The van der Waals surface area contributed by atoms with Crippen LogP contribution in [0.2, 0.25) is 0 Å². The first kappa shape index (κ1) is 21.2. The third-order valence-corrected chi connectivity index (χ3v) is 6.27. The van der Waals surface area contributed by atoms with Crippen molar-refractivity contribution in [2.45, 2.75) is 42.9 Å². The van der Waals surface area contributed by atoms with Gasteiger partial charge in [-0.25, -0.2) is 4.99 Å². The molecule has 0 unspecified atom stereocenters. The molecule has 1 saturated carbocycles. The van der Waals surface area contributed by atoms with E-state index in [1.54, 1.807) is 0 Å². The van der Waals surface area contributed by atoms with Gasteiger partial charge in [-0.3, -0.25) is 4.79 Å². The van der Waals surface area contributed by atoms with Crippen LogP contribution in [0.1, 0.15) is 42.6 Å². The van der Waals surface area contributed by atoms with Crippen molar-refractivity contribution in [3.8, 4) is 0 Å². The summed E-state index contributed by atoms with van der Waals surface area (Å²) in [6.07, 6.45) is 2.44. The fourth-order valence-electron chi connectivity index (χ4n) is 2.97. The number of amides is 1. The Labute approximate surface area is 177 Å². The molecule has 0 heterocycles. The number of rotatable bonds is 9. The van der Waals surface area contributed by atoms with E-state index in [-0.39, 0.29) is 10.7 Å². The van der Waals surface area contributed by atoms with E-state index in [1.165, 1.54) is 17.7 Å². The molecule has 0 spiro atoms. The van der Waals surface area contributed by atoms with Crippen LogP contribution in [0.25, 0.3) is 0 Å². The molecule has 1 fully saturated rings. The van der Waals surface area contributed by atoms with Gasteiger partial charge in [-0.2, -0.15) is 0 Å². The summed E-state index contributed by atoms with van der Waals surface area (Å²) in [5.41, 5.74) is 1.76. The number of carbonyl (C=O) groups is 1. The van der Waals surface area contributed by atoms with E-state index in [1.807, 2.05) is 43.0 Å². The molecule has 0 atom stereocenters. The molecule has 6 heteroatoms. The second-order valence-electron chi connectivity index (χ2n) is 7.20. The smallest absolute Gasteiger partial charge is 0.251 e.